The van der Waals surface area contributed by atoms with Crippen LogP contribution in [0.5, 0.6) is 5.75 Å². The van der Waals surface area contributed by atoms with E-state index in [0.29, 0.717) is 6.61 Å². The third-order valence-electron chi connectivity index (χ3n) is 6.50. The van der Waals surface area contributed by atoms with Crippen LogP contribution in [0.25, 0.3) is 0 Å². The molecule has 1 fully saturated rings. The summed E-state index contributed by atoms with van der Waals surface area (Å²) in [5.41, 5.74) is 3.23. The first kappa shape index (κ1) is 25.1. The molecule has 37 heavy (non-hydrogen) atoms. The smallest absolute Gasteiger partial charge is 0.332 e. The standard InChI is InChI=1S/C29H33N4O4/c1-29(2,3)37-26(34)19-36-24-15-22(16-24)27-25-17-31-12-13-33(25,30)28(32-27)21-10-7-11-23(14-21)35-18-20-8-5-4-6-9-20/h4-14,17,22,24H,15-16,18-19,30H2,1-3H3/q+1. The second kappa shape index (κ2) is 10.0. The molecule has 1 aliphatic carbocycles. The normalized spacial score (nSPS) is 24.4. The number of aliphatic imine (C=N–C) groups is 2. The Hall–Kier alpha value is -3.59. The summed E-state index contributed by atoms with van der Waals surface area (Å²) in [6.45, 7) is 5.96. The molecule has 5 rings (SSSR count). The largest absolute Gasteiger partial charge is 0.489 e. The van der Waals surface area contributed by atoms with Crippen molar-refractivity contribution in [2.75, 3.05) is 6.61 Å². The second-order valence-corrected chi connectivity index (χ2v) is 10.5. The molecule has 192 valence electrons. The molecule has 1 saturated carbocycles. The van der Waals surface area contributed by atoms with Gasteiger partial charge in [0.2, 0.25) is 5.70 Å². The second-order valence-electron chi connectivity index (χ2n) is 10.5. The fraction of sp³-hybridized carbons (Fsp3) is 0.345. The minimum atomic E-state index is -0.524. The molecule has 2 aromatic carbocycles. The molecule has 8 heteroatoms. The lowest BCUT2D eigenvalue weighted by Crippen LogP contribution is -2.53. The van der Waals surface area contributed by atoms with Crippen LogP contribution in [0.3, 0.4) is 0 Å². The van der Waals surface area contributed by atoms with Crippen molar-refractivity contribution in [3.05, 3.63) is 89.5 Å². The molecule has 1 atom stereocenters. The average molecular weight is 502 g/mol. The highest BCUT2D eigenvalue weighted by Crippen LogP contribution is 2.43. The molecular weight excluding hydrogens is 468 g/mol. The number of nitrogens with zero attached hydrogens (tertiary/aromatic N) is 3. The van der Waals surface area contributed by atoms with Crippen molar-refractivity contribution in [1.82, 2.24) is 0 Å². The van der Waals surface area contributed by atoms with Gasteiger partial charge in [-0.25, -0.2) is 4.79 Å². The number of hydrogen-bond donors (Lipinski definition) is 1. The van der Waals surface area contributed by atoms with Crippen molar-refractivity contribution in [2.24, 2.45) is 21.7 Å². The molecule has 2 aliphatic heterocycles. The van der Waals surface area contributed by atoms with Gasteiger partial charge in [-0.15, -0.1) is 4.59 Å². The van der Waals surface area contributed by atoms with E-state index in [9.17, 15) is 4.79 Å². The highest BCUT2D eigenvalue weighted by Gasteiger charge is 2.48. The van der Waals surface area contributed by atoms with E-state index >= 15 is 0 Å². The van der Waals surface area contributed by atoms with Gasteiger partial charge < -0.3 is 14.2 Å². The minimum Gasteiger partial charge on any atom is -0.489 e. The molecule has 8 nitrogen and oxygen atoms in total. The summed E-state index contributed by atoms with van der Waals surface area (Å²) in [5, 5.41) is 0. The van der Waals surface area contributed by atoms with E-state index in [1.54, 1.807) is 12.4 Å². The number of benzene rings is 2. The Kier molecular flexibility index (Phi) is 6.81. The number of fused-ring (bicyclic) bond motifs is 1. The van der Waals surface area contributed by atoms with Crippen molar-refractivity contribution in [1.29, 1.82) is 0 Å². The minimum absolute atomic E-state index is 0.0182. The van der Waals surface area contributed by atoms with Crippen LogP contribution in [0.4, 0.5) is 0 Å². The average Bonchev–Trinajstić information content (AvgIpc) is 3.14. The first-order valence-corrected chi connectivity index (χ1v) is 12.5. The third kappa shape index (κ3) is 5.56. The summed E-state index contributed by atoms with van der Waals surface area (Å²) >= 11 is 0. The summed E-state index contributed by atoms with van der Waals surface area (Å²) in [6.07, 6.45) is 6.83. The number of nitrogens with two attached hydrogens (primary N) is 1. The van der Waals surface area contributed by atoms with Crippen molar-refractivity contribution in [3.8, 4) is 5.75 Å². The fourth-order valence-electron chi connectivity index (χ4n) is 4.65. The molecule has 0 amide bonds. The van der Waals surface area contributed by atoms with Gasteiger partial charge in [0, 0.05) is 5.92 Å². The van der Waals surface area contributed by atoms with Gasteiger partial charge in [-0.3, -0.25) is 4.99 Å². The maximum Gasteiger partial charge on any atom is 0.332 e. The van der Waals surface area contributed by atoms with E-state index in [-0.39, 0.29) is 29.2 Å². The van der Waals surface area contributed by atoms with Gasteiger partial charge in [0.05, 0.1) is 24.1 Å². The van der Waals surface area contributed by atoms with E-state index < -0.39 is 5.60 Å². The Labute approximate surface area is 217 Å². The lowest BCUT2D eigenvalue weighted by Gasteiger charge is -2.35. The predicted molar refractivity (Wildman–Crippen MR) is 141 cm³/mol. The molecular formula is C29H33N4O4+. The summed E-state index contributed by atoms with van der Waals surface area (Å²) in [4.78, 5) is 21.4. The Bertz CT molecular complexity index is 1290. The highest BCUT2D eigenvalue weighted by atomic mass is 16.6. The molecule has 0 spiro atoms. The molecule has 3 aliphatic rings. The Morgan fingerprint density at radius 3 is 2.65 bits per heavy atom. The summed E-state index contributed by atoms with van der Waals surface area (Å²) in [7, 11) is 0. The van der Waals surface area contributed by atoms with E-state index in [2.05, 4.69) is 4.99 Å². The van der Waals surface area contributed by atoms with Crippen LogP contribution in [0.1, 0.15) is 44.7 Å². The molecule has 2 heterocycles. The number of esters is 1. The van der Waals surface area contributed by atoms with Crippen molar-refractivity contribution >= 4 is 18.0 Å². The molecule has 0 radical (unpaired) electrons. The van der Waals surface area contributed by atoms with Crippen LogP contribution in [0, 0.1) is 5.92 Å². The van der Waals surface area contributed by atoms with Crippen LogP contribution < -0.4 is 10.6 Å². The fourth-order valence-corrected chi connectivity index (χ4v) is 4.65. The van der Waals surface area contributed by atoms with Gasteiger partial charge in [0.1, 0.15) is 36.5 Å². The number of quaternary nitrogens is 1. The summed E-state index contributed by atoms with van der Waals surface area (Å²) in [5.74, 6) is 8.18. The zero-order valence-corrected chi connectivity index (χ0v) is 21.5. The first-order chi connectivity index (χ1) is 17.7. The predicted octanol–water partition coefficient (Wildman–Crippen LogP) is 4.62. The van der Waals surface area contributed by atoms with Crippen LogP contribution in [0.2, 0.25) is 0 Å². The number of carbonyl (C=O) groups is 1. The van der Waals surface area contributed by atoms with Gasteiger partial charge in [0.25, 0.3) is 5.84 Å². The quantitative estimate of drug-likeness (QED) is 0.324. The molecule has 0 bridgehead atoms. The molecule has 2 N–H and O–H groups in total. The van der Waals surface area contributed by atoms with Crippen LogP contribution in [-0.2, 0) is 20.9 Å². The Morgan fingerprint density at radius 2 is 1.89 bits per heavy atom. The topological polar surface area (TPSA) is 95.5 Å². The van der Waals surface area contributed by atoms with E-state index in [1.165, 1.54) is 0 Å². The number of rotatable bonds is 8. The number of hydrogen-bond acceptors (Lipinski definition) is 7. The van der Waals surface area contributed by atoms with Crippen molar-refractivity contribution < 1.29 is 23.6 Å². The molecule has 1 unspecified atom stereocenters. The summed E-state index contributed by atoms with van der Waals surface area (Å²) < 4.78 is 17.1. The number of amidine groups is 1. The molecule has 0 saturated heterocycles. The Morgan fingerprint density at radius 1 is 1.11 bits per heavy atom. The Balaban J connectivity index is 1.28. The van der Waals surface area contributed by atoms with Crippen molar-refractivity contribution in [3.63, 3.8) is 0 Å². The van der Waals surface area contributed by atoms with Gasteiger partial charge >= 0.3 is 5.97 Å². The number of ether oxygens (including phenoxy) is 3. The maximum atomic E-state index is 12.0. The lowest BCUT2D eigenvalue weighted by atomic mass is 9.79. The van der Waals surface area contributed by atoms with Crippen LogP contribution in [-0.4, -0.2) is 40.9 Å². The number of allylic oxidation sites excluding steroid dienone is 2. The van der Waals surface area contributed by atoms with Gasteiger partial charge in [-0.05, 0) is 57.4 Å². The lowest BCUT2D eigenvalue weighted by molar-refractivity contribution is -0.750. The maximum absolute atomic E-state index is 12.0. The zero-order chi connectivity index (χ0) is 26.0. The zero-order valence-electron chi connectivity index (χ0n) is 21.5. The van der Waals surface area contributed by atoms with Gasteiger partial charge in [0.15, 0.2) is 0 Å². The molecule has 2 aromatic rings. The highest BCUT2D eigenvalue weighted by molar-refractivity contribution is 6.00. The van der Waals surface area contributed by atoms with E-state index in [4.69, 9.17) is 25.0 Å². The monoisotopic (exact) mass is 501 g/mol. The van der Waals surface area contributed by atoms with E-state index in [0.717, 1.165) is 46.9 Å². The van der Waals surface area contributed by atoms with E-state index in [1.807, 2.05) is 81.6 Å². The van der Waals surface area contributed by atoms with Gasteiger partial charge in [-0.2, -0.15) is 10.8 Å². The third-order valence-corrected chi connectivity index (χ3v) is 6.50. The summed E-state index contributed by atoms with van der Waals surface area (Å²) in [6, 6.07) is 17.9. The number of carbonyl (C=O) groups excluding carboxylic acids is 1. The van der Waals surface area contributed by atoms with Crippen LogP contribution >= 0.6 is 0 Å². The van der Waals surface area contributed by atoms with Crippen molar-refractivity contribution in [2.45, 2.75) is 51.9 Å². The van der Waals surface area contributed by atoms with Crippen LogP contribution in [0.15, 0.2) is 88.4 Å². The SMILES string of the molecule is CC(C)(C)OC(=O)COC1CC(C2=C3C=NC=C[N+]3(N)C(c3cccc(OCc4ccccc4)c3)=N2)C1. The first-order valence-electron chi connectivity index (χ1n) is 12.5. The molecule has 0 aromatic heterocycles. The van der Waals surface area contributed by atoms with Gasteiger partial charge in [-0.1, -0.05) is 36.4 Å².